The van der Waals surface area contributed by atoms with Crippen LogP contribution in [0.3, 0.4) is 0 Å². The molecule has 4 N–H and O–H groups in total. The normalized spacial score (nSPS) is 16.3. The Balaban J connectivity index is 1.39. The van der Waals surface area contributed by atoms with Crippen molar-refractivity contribution in [1.82, 2.24) is 5.32 Å². The number of para-hydroxylation sites is 1. The highest BCUT2D eigenvalue weighted by atomic mass is 19.1. The first-order chi connectivity index (χ1) is 20.9. The molecule has 43 heavy (non-hydrogen) atoms. The Morgan fingerprint density at radius 2 is 1.67 bits per heavy atom. The minimum Gasteiger partial charge on any atom is -0.497 e. The fourth-order valence-electron chi connectivity index (χ4n) is 5.23. The number of anilines is 2. The van der Waals surface area contributed by atoms with Crippen molar-refractivity contribution in [2.75, 3.05) is 31.8 Å². The van der Waals surface area contributed by atoms with E-state index < -0.39 is 5.91 Å². The van der Waals surface area contributed by atoms with E-state index in [0.29, 0.717) is 59.7 Å². The molecule has 2 atom stereocenters. The van der Waals surface area contributed by atoms with Crippen LogP contribution in [0.4, 0.5) is 15.8 Å². The van der Waals surface area contributed by atoms with E-state index in [0.717, 1.165) is 0 Å². The Bertz CT molecular complexity index is 1610. The lowest BCUT2D eigenvalue weighted by atomic mass is 9.95. The summed E-state index contributed by atoms with van der Waals surface area (Å²) in [6.45, 7) is 0.688. The van der Waals surface area contributed by atoms with E-state index in [1.165, 1.54) is 6.07 Å². The highest BCUT2D eigenvalue weighted by Crippen LogP contribution is 2.33. The molecule has 0 aliphatic carbocycles. The van der Waals surface area contributed by atoms with Gasteiger partial charge in [0.25, 0.3) is 5.91 Å². The largest absolute Gasteiger partial charge is 0.497 e. The lowest BCUT2D eigenvalue weighted by Crippen LogP contribution is -2.43. The van der Waals surface area contributed by atoms with Crippen LogP contribution in [-0.2, 0) is 6.42 Å². The fraction of sp³-hybridized carbons (Fsp3) is 0.235. The van der Waals surface area contributed by atoms with Gasteiger partial charge >= 0.3 is 0 Å². The molecule has 8 nitrogen and oxygen atoms in total. The molecule has 1 aliphatic heterocycles. The molecule has 1 fully saturated rings. The maximum Gasteiger partial charge on any atom is 0.255 e. The number of hydrogen-bond acceptors (Lipinski definition) is 7. The number of ether oxygens (including phenoxy) is 3. The number of methoxy groups -OCH3 is 2. The number of carbonyl (C=O) groups is 2. The number of amides is 1. The van der Waals surface area contributed by atoms with Crippen LogP contribution in [0.25, 0.3) is 0 Å². The maximum absolute atomic E-state index is 14.3. The molecule has 0 spiro atoms. The highest BCUT2D eigenvalue weighted by molar-refractivity contribution is 6.18. The number of hydrogen-bond donors (Lipinski definition) is 3. The van der Waals surface area contributed by atoms with Gasteiger partial charge in [-0.05, 0) is 86.0 Å². The Hall–Kier alpha value is -4.89. The van der Waals surface area contributed by atoms with Crippen molar-refractivity contribution >= 4 is 23.1 Å². The molecule has 222 valence electrons. The van der Waals surface area contributed by atoms with Crippen molar-refractivity contribution in [3.8, 4) is 17.2 Å². The summed E-state index contributed by atoms with van der Waals surface area (Å²) in [6, 6.07) is 23.3. The molecule has 9 heteroatoms. The van der Waals surface area contributed by atoms with Crippen LogP contribution in [-0.4, -0.2) is 44.6 Å². The number of piperidine rings is 1. The number of nitrogens with two attached hydrogens (primary N) is 1. The summed E-state index contributed by atoms with van der Waals surface area (Å²) in [7, 11) is 3.09. The molecular weight excluding hydrogens is 549 g/mol. The molecule has 4 aromatic carbocycles. The maximum atomic E-state index is 14.3. The van der Waals surface area contributed by atoms with Crippen molar-refractivity contribution in [3.63, 3.8) is 0 Å². The predicted octanol–water partition coefficient (Wildman–Crippen LogP) is 5.65. The molecule has 0 aromatic heterocycles. The van der Waals surface area contributed by atoms with Crippen LogP contribution in [0.2, 0.25) is 0 Å². The zero-order valence-electron chi connectivity index (χ0n) is 24.1. The lowest BCUT2D eigenvalue weighted by molar-refractivity contribution is 0.102. The molecular formula is C34H34FN3O5. The minimum absolute atomic E-state index is 0.00843. The Morgan fingerprint density at radius 1 is 0.930 bits per heavy atom. The van der Waals surface area contributed by atoms with Crippen LogP contribution in [0.1, 0.15) is 44.7 Å². The summed E-state index contributed by atoms with van der Waals surface area (Å²) < 4.78 is 31.3. The van der Waals surface area contributed by atoms with Gasteiger partial charge in [0.05, 0.1) is 31.2 Å². The number of nitrogen functional groups attached to an aromatic ring is 1. The van der Waals surface area contributed by atoms with Gasteiger partial charge < -0.3 is 30.6 Å². The number of halogens is 1. The van der Waals surface area contributed by atoms with Crippen molar-refractivity contribution in [1.29, 1.82) is 0 Å². The fourth-order valence-corrected chi connectivity index (χ4v) is 5.23. The van der Waals surface area contributed by atoms with Crippen LogP contribution in [0.5, 0.6) is 17.2 Å². The van der Waals surface area contributed by atoms with Gasteiger partial charge in [0.2, 0.25) is 0 Å². The first kappa shape index (κ1) is 29.6. The predicted molar refractivity (Wildman–Crippen MR) is 164 cm³/mol. The van der Waals surface area contributed by atoms with Crippen molar-refractivity contribution in [2.24, 2.45) is 0 Å². The topological polar surface area (TPSA) is 112 Å². The van der Waals surface area contributed by atoms with E-state index in [1.54, 1.807) is 87.0 Å². The molecule has 2 unspecified atom stereocenters. The van der Waals surface area contributed by atoms with Gasteiger partial charge in [0.1, 0.15) is 29.2 Å². The molecule has 1 amide bonds. The third-order valence-corrected chi connectivity index (χ3v) is 7.53. The second kappa shape index (κ2) is 13.4. The average Bonchev–Trinajstić information content (AvgIpc) is 3.03. The molecule has 1 heterocycles. The summed E-state index contributed by atoms with van der Waals surface area (Å²) in [5.74, 6) is 0.485. The number of nitrogens with one attached hydrogen (secondary N) is 2. The third kappa shape index (κ3) is 6.95. The van der Waals surface area contributed by atoms with Gasteiger partial charge in [-0.3, -0.25) is 9.59 Å². The van der Waals surface area contributed by atoms with Gasteiger partial charge in [0, 0.05) is 23.2 Å². The van der Waals surface area contributed by atoms with E-state index in [1.807, 2.05) is 6.07 Å². The number of carbonyl (C=O) groups excluding carboxylic acids is 2. The Labute approximate surface area is 250 Å². The van der Waals surface area contributed by atoms with E-state index in [4.69, 9.17) is 19.9 Å². The third-order valence-electron chi connectivity index (χ3n) is 7.53. The van der Waals surface area contributed by atoms with Gasteiger partial charge in [-0.15, -0.1) is 0 Å². The first-order valence-electron chi connectivity index (χ1n) is 14.1. The smallest absolute Gasteiger partial charge is 0.255 e. The summed E-state index contributed by atoms with van der Waals surface area (Å²) in [6.07, 6.45) is 1.64. The number of benzene rings is 4. The van der Waals surface area contributed by atoms with Gasteiger partial charge in [-0.1, -0.05) is 24.3 Å². The SMILES string of the molecule is COc1ccc(C(=O)Nc2c(N)cccc2C(=O)c2ccc(OC)cc2OC2CCNC(Cc3ccccc3F)C2)cc1. The standard InChI is InChI=1S/C34H34FN3O5/c1-41-24-12-10-21(11-13-24)34(40)38-32-28(7-5-9-30(32)36)33(39)27-15-14-25(42-2)20-31(27)43-26-16-17-37-23(19-26)18-22-6-3-4-8-29(22)35/h3-15,20,23,26,37H,16-19,36H2,1-2H3,(H,38,40). The van der Waals surface area contributed by atoms with Gasteiger partial charge in [-0.2, -0.15) is 0 Å². The molecule has 4 aromatic rings. The monoisotopic (exact) mass is 583 g/mol. The Morgan fingerprint density at radius 3 is 2.42 bits per heavy atom. The van der Waals surface area contributed by atoms with E-state index in [2.05, 4.69) is 10.6 Å². The summed E-state index contributed by atoms with van der Waals surface area (Å²) in [4.78, 5) is 27.1. The summed E-state index contributed by atoms with van der Waals surface area (Å²) in [5.41, 5.74) is 8.26. The molecule has 1 saturated heterocycles. The van der Waals surface area contributed by atoms with Gasteiger partial charge in [0.15, 0.2) is 5.78 Å². The van der Waals surface area contributed by atoms with Crippen molar-refractivity contribution in [2.45, 2.75) is 31.4 Å². The summed E-state index contributed by atoms with van der Waals surface area (Å²) in [5, 5.41) is 6.26. The van der Waals surface area contributed by atoms with Crippen molar-refractivity contribution in [3.05, 3.63) is 113 Å². The zero-order valence-corrected chi connectivity index (χ0v) is 24.1. The van der Waals surface area contributed by atoms with E-state index in [9.17, 15) is 14.0 Å². The van der Waals surface area contributed by atoms with Gasteiger partial charge in [-0.25, -0.2) is 4.39 Å². The minimum atomic E-state index is -0.420. The second-order valence-corrected chi connectivity index (χ2v) is 10.4. The molecule has 0 radical (unpaired) electrons. The van der Waals surface area contributed by atoms with Crippen LogP contribution in [0.15, 0.2) is 84.9 Å². The van der Waals surface area contributed by atoms with Crippen LogP contribution >= 0.6 is 0 Å². The number of ketones is 1. The highest BCUT2D eigenvalue weighted by Gasteiger charge is 2.27. The molecule has 0 bridgehead atoms. The lowest BCUT2D eigenvalue weighted by Gasteiger charge is -2.31. The average molecular weight is 584 g/mol. The molecule has 5 rings (SSSR count). The molecule has 1 aliphatic rings. The van der Waals surface area contributed by atoms with E-state index in [-0.39, 0.29) is 40.7 Å². The second-order valence-electron chi connectivity index (χ2n) is 10.4. The van der Waals surface area contributed by atoms with Crippen molar-refractivity contribution < 1.29 is 28.2 Å². The van der Waals surface area contributed by atoms with Crippen LogP contribution in [0, 0.1) is 5.82 Å². The number of rotatable bonds is 10. The van der Waals surface area contributed by atoms with E-state index >= 15 is 0 Å². The first-order valence-corrected chi connectivity index (χ1v) is 14.1. The molecule has 0 saturated carbocycles. The zero-order chi connectivity index (χ0) is 30.3. The summed E-state index contributed by atoms with van der Waals surface area (Å²) >= 11 is 0. The Kier molecular flexibility index (Phi) is 9.22. The van der Waals surface area contributed by atoms with Crippen LogP contribution < -0.4 is 30.6 Å². The quantitative estimate of drug-likeness (QED) is 0.163.